The zero-order valence-corrected chi connectivity index (χ0v) is 9.55. The summed E-state index contributed by atoms with van der Waals surface area (Å²) in [6.45, 7) is 4.80. The van der Waals surface area contributed by atoms with Crippen LogP contribution in [0.15, 0.2) is 24.3 Å². The molecule has 0 radical (unpaired) electrons. The van der Waals surface area contributed by atoms with Crippen molar-refractivity contribution in [2.24, 2.45) is 0 Å². The summed E-state index contributed by atoms with van der Waals surface area (Å²) in [5.41, 5.74) is 2.54. The molecule has 1 aromatic carbocycles. The Bertz CT molecular complexity index is 320. The summed E-state index contributed by atoms with van der Waals surface area (Å²) < 4.78 is 0. The van der Waals surface area contributed by atoms with Crippen LogP contribution < -0.4 is 5.32 Å². The van der Waals surface area contributed by atoms with Gasteiger partial charge in [0.2, 0.25) is 5.91 Å². The molecule has 15 heavy (non-hydrogen) atoms. The van der Waals surface area contributed by atoms with Crippen molar-refractivity contribution < 1.29 is 4.79 Å². The topological polar surface area (TPSA) is 29.1 Å². The maximum Gasteiger partial charge on any atom is 0.220 e. The Hall–Kier alpha value is -1.31. The predicted molar refractivity (Wildman–Crippen MR) is 62.6 cm³/mol. The van der Waals surface area contributed by atoms with Crippen LogP contribution in [-0.2, 0) is 17.8 Å². The second-order valence-corrected chi connectivity index (χ2v) is 3.65. The van der Waals surface area contributed by atoms with Gasteiger partial charge in [-0.15, -0.1) is 0 Å². The maximum absolute atomic E-state index is 11.3. The minimum atomic E-state index is 0.142. The lowest BCUT2D eigenvalue weighted by Gasteiger charge is -2.08. The highest BCUT2D eigenvalue weighted by atomic mass is 16.1. The monoisotopic (exact) mass is 205 g/mol. The normalized spacial score (nSPS) is 10.0. The van der Waals surface area contributed by atoms with Crippen molar-refractivity contribution in [3.63, 3.8) is 0 Å². The average molecular weight is 205 g/mol. The van der Waals surface area contributed by atoms with Gasteiger partial charge in [-0.05, 0) is 24.0 Å². The molecule has 0 saturated carbocycles. The lowest BCUT2D eigenvalue weighted by molar-refractivity contribution is -0.121. The van der Waals surface area contributed by atoms with Crippen molar-refractivity contribution in [3.05, 3.63) is 35.4 Å². The predicted octanol–water partition coefficient (Wildman–Crippen LogP) is 2.67. The van der Waals surface area contributed by atoms with Crippen LogP contribution in [0.4, 0.5) is 0 Å². The van der Waals surface area contributed by atoms with Crippen molar-refractivity contribution in [2.75, 3.05) is 0 Å². The summed E-state index contributed by atoms with van der Waals surface area (Å²) in [5, 5.41) is 2.94. The first kappa shape index (κ1) is 11.8. The number of benzene rings is 1. The zero-order chi connectivity index (χ0) is 11.1. The molecule has 0 heterocycles. The Morgan fingerprint density at radius 3 is 2.47 bits per heavy atom. The van der Waals surface area contributed by atoms with Gasteiger partial charge in [0, 0.05) is 13.0 Å². The fraction of sp³-hybridized carbons (Fsp3) is 0.462. The number of hydrogen-bond acceptors (Lipinski definition) is 1. The van der Waals surface area contributed by atoms with E-state index in [4.69, 9.17) is 0 Å². The summed E-state index contributed by atoms with van der Waals surface area (Å²) in [6, 6.07) is 8.24. The summed E-state index contributed by atoms with van der Waals surface area (Å²) in [6.07, 6.45) is 2.54. The van der Waals surface area contributed by atoms with Crippen LogP contribution in [0.1, 0.15) is 37.8 Å². The number of nitrogens with one attached hydrogen (secondary N) is 1. The van der Waals surface area contributed by atoms with Crippen molar-refractivity contribution in [2.45, 2.75) is 39.7 Å². The molecule has 0 aliphatic heterocycles. The van der Waals surface area contributed by atoms with E-state index in [2.05, 4.69) is 24.4 Å². The van der Waals surface area contributed by atoms with Crippen LogP contribution in [0.2, 0.25) is 0 Å². The Morgan fingerprint density at radius 1 is 1.20 bits per heavy atom. The number of hydrogen-bond donors (Lipinski definition) is 1. The van der Waals surface area contributed by atoms with E-state index >= 15 is 0 Å². The Labute approximate surface area is 91.7 Å². The third-order valence-corrected chi connectivity index (χ3v) is 2.45. The molecule has 2 heteroatoms. The van der Waals surface area contributed by atoms with Gasteiger partial charge in [-0.25, -0.2) is 0 Å². The lowest BCUT2D eigenvalue weighted by Crippen LogP contribution is -2.22. The van der Waals surface area contributed by atoms with E-state index in [1.165, 1.54) is 11.1 Å². The van der Waals surface area contributed by atoms with Gasteiger partial charge in [0.1, 0.15) is 0 Å². The van der Waals surface area contributed by atoms with Gasteiger partial charge in [-0.2, -0.15) is 0 Å². The molecule has 0 bridgehead atoms. The van der Waals surface area contributed by atoms with Crippen LogP contribution in [0.5, 0.6) is 0 Å². The molecule has 2 nitrogen and oxygen atoms in total. The fourth-order valence-corrected chi connectivity index (χ4v) is 1.58. The van der Waals surface area contributed by atoms with Gasteiger partial charge in [-0.3, -0.25) is 4.79 Å². The Kier molecular flexibility index (Phi) is 4.88. The van der Waals surface area contributed by atoms with Crippen molar-refractivity contribution in [3.8, 4) is 0 Å². The number of rotatable bonds is 5. The molecular formula is C13H19NO. The number of carbonyl (C=O) groups is 1. The quantitative estimate of drug-likeness (QED) is 0.786. The van der Waals surface area contributed by atoms with Crippen LogP contribution in [0, 0.1) is 0 Å². The minimum Gasteiger partial charge on any atom is -0.352 e. The van der Waals surface area contributed by atoms with Crippen molar-refractivity contribution in [1.29, 1.82) is 0 Å². The van der Waals surface area contributed by atoms with Crippen LogP contribution in [0.25, 0.3) is 0 Å². The second-order valence-electron chi connectivity index (χ2n) is 3.65. The SMILES string of the molecule is CCCC(=O)NCc1ccccc1CC. The summed E-state index contributed by atoms with van der Waals surface area (Å²) in [5.74, 6) is 0.142. The Balaban J connectivity index is 2.53. The standard InChI is InChI=1S/C13H19NO/c1-3-7-13(15)14-10-12-9-6-5-8-11(12)4-2/h5-6,8-9H,3-4,7,10H2,1-2H3,(H,14,15). The fourth-order valence-electron chi connectivity index (χ4n) is 1.58. The minimum absolute atomic E-state index is 0.142. The highest BCUT2D eigenvalue weighted by Gasteiger charge is 2.02. The van der Waals surface area contributed by atoms with Crippen LogP contribution in [-0.4, -0.2) is 5.91 Å². The van der Waals surface area contributed by atoms with Gasteiger partial charge in [-0.1, -0.05) is 38.1 Å². The molecule has 1 aromatic rings. The molecule has 0 atom stereocenters. The molecule has 1 rings (SSSR count). The number of aryl methyl sites for hydroxylation is 1. The third-order valence-electron chi connectivity index (χ3n) is 2.45. The zero-order valence-electron chi connectivity index (χ0n) is 9.55. The first-order valence-electron chi connectivity index (χ1n) is 5.61. The van der Waals surface area contributed by atoms with Gasteiger partial charge in [0.25, 0.3) is 0 Å². The average Bonchev–Trinajstić information content (AvgIpc) is 2.27. The second kappa shape index (κ2) is 6.23. The van der Waals surface area contributed by atoms with E-state index in [-0.39, 0.29) is 5.91 Å². The molecule has 0 aromatic heterocycles. The smallest absolute Gasteiger partial charge is 0.220 e. The summed E-state index contributed by atoms with van der Waals surface area (Å²) in [7, 11) is 0. The van der Waals surface area contributed by atoms with Crippen LogP contribution >= 0.6 is 0 Å². The highest BCUT2D eigenvalue weighted by Crippen LogP contribution is 2.08. The van der Waals surface area contributed by atoms with Gasteiger partial charge < -0.3 is 5.32 Å². The highest BCUT2D eigenvalue weighted by molar-refractivity contribution is 5.75. The molecule has 0 aliphatic carbocycles. The van der Waals surface area contributed by atoms with Gasteiger partial charge in [0.15, 0.2) is 0 Å². The van der Waals surface area contributed by atoms with Crippen LogP contribution in [0.3, 0.4) is 0 Å². The molecule has 0 spiro atoms. The van der Waals surface area contributed by atoms with E-state index < -0.39 is 0 Å². The van der Waals surface area contributed by atoms with E-state index in [0.717, 1.165) is 12.8 Å². The molecule has 1 N–H and O–H groups in total. The third kappa shape index (κ3) is 3.74. The molecule has 0 unspecified atom stereocenters. The van der Waals surface area contributed by atoms with Crippen molar-refractivity contribution >= 4 is 5.91 Å². The van der Waals surface area contributed by atoms with Crippen molar-refractivity contribution in [1.82, 2.24) is 5.32 Å². The largest absolute Gasteiger partial charge is 0.352 e. The number of carbonyl (C=O) groups excluding carboxylic acids is 1. The Morgan fingerprint density at radius 2 is 1.87 bits per heavy atom. The van der Waals surface area contributed by atoms with E-state index in [1.54, 1.807) is 0 Å². The summed E-state index contributed by atoms with van der Waals surface area (Å²) in [4.78, 5) is 11.3. The molecule has 0 fully saturated rings. The maximum atomic E-state index is 11.3. The number of amides is 1. The lowest BCUT2D eigenvalue weighted by atomic mass is 10.1. The van der Waals surface area contributed by atoms with E-state index in [0.29, 0.717) is 13.0 Å². The van der Waals surface area contributed by atoms with Gasteiger partial charge in [0.05, 0.1) is 0 Å². The first-order valence-corrected chi connectivity index (χ1v) is 5.61. The molecule has 0 aliphatic rings. The molecule has 0 saturated heterocycles. The van der Waals surface area contributed by atoms with E-state index in [1.807, 2.05) is 19.1 Å². The van der Waals surface area contributed by atoms with Gasteiger partial charge >= 0.3 is 0 Å². The molecular weight excluding hydrogens is 186 g/mol. The first-order chi connectivity index (χ1) is 7.27. The molecule has 1 amide bonds. The molecule has 82 valence electrons. The van der Waals surface area contributed by atoms with E-state index in [9.17, 15) is 4.79 Å². The summed E-state index contributed by atoms with van der Waals surface area (Å²) >= 11 is 0.